The summed E-state index contributed by atoms with van der Waals surface area (Å²) in [6, 6.07) is 4.27. The summed E-state index contributed by atoms with van der Waals surface area (Å²) in [5, 5.41) is 1.68. The van der Waals surface area contributed by atoms with Crippen LogP contribution in [-0.4, -0.2) is 30.7 Å². The third-order valence-electron chi connectivity index (χ3n) is 3.74. The minimum atomic E-state index is -0.534. The Morgan fingerprint density at radius 3 is 2.87 bits per heavy atom. The number of benzene rings is 1. The highest BCUT2D eigenvalue weighted by atomic mass is 19.1. The number of hydroxylamine groups is 2. The molecule has 128 valence electrons. The molecule has 5 nitrogen and oxygen atoms in total. The largest absolute Gasteiger partial charge is 0.490 e. The third kappa shape index (κ3) is 5.10. The molecule has 1 aromatic carbocycles. The number of rotatable bonds is 4. The number of halogens is 1. The molecule has 1 aliphatic heterocycles. The van der Waals surface area contributed by atoms with Gasteiger partial charge in [0.05, 0.1) is 12.0 Å². The van der Waals surface area contributed by atoms with Crippen LogP contribution in [0.2, 0.25) is 0 Å². The van der Waals surface area contributed by atoms with Gasteiger partial charge in [-0.2, -0.15) is 0 Å². The fourth-order valence-corrected chi connectivity index (χ4v) is 2.34. The van der Waals surface area contributed by atoms with Crippen molar-refractivity contribution in [3.63, 3.8) is 0 Å². The summed E-state index contributed by atoms with van der Waals surface area (Å²) >= 11 is 0. The van der Waals surface area contributed by atoms with Gasteiger partial charge in [-0.25, -0.2) is 9.18 Å². The fraction of sp³-hybridized carbons (Fsp3) is 0.588. The van der Waals surface area contributed by atoms with E-state index in [-0.39, 0.29) is 17.6 Å². The molecule has 23 heavy (non-hydrogen) atoms. The van der Waals surface area contributed by atoms with E-state index in [2.05, 4.69) is 0 Å². The molecule has 1 aliphatic rings. The molecular weight excluding hydrogens is 299 g/mol. The molecule has 0 amide bonds. The maximum absolute atomic E-state index is 13.6. The predicted molar refractivity (Wildman–Crippen MR) is 86.2 cm³/mol. The zero-order chi connectivity index (χ0) is 17.0. The van der Waals surface area contributed by atoms with Crippen LogP contribution in [0.5, 0.6) is 5.75 Å². The minimum Gasteiger partial charge on any atom is -0.490 e. The highest BCUT2D eigenvalue weighted by molar-refractivity contribution is 5.75. The molecule has 0 aromatic heterocycles. The third-order valence-corrected chi connectivity index (χ3v) is 3.74. The van der Waals surface area contributed by atoms with E-state index in [1.165, 1.54) is 18.2 Å². The highest BCUT2D eigenvalue weighted by Gasteiger charge is 2.29. The molecule has 1 aromatic rings. The smallest absolute Gasteiger partial charge is 0.330 e. The first-order valence-electron chi connectivity index (χ1n) is 7.91. The van der Waals surface area contributed by atoms with E-state index in [1.54, 1.807) is 5.06 Å². The standard InChI is InChI=1S/C17H25FN2O3/c1-17(2,3)16(21)23-20-8-4-5-12(10-20)11-22-15-9-13(19)6-7-14(15)18/h6-7,9,12H,4-5,8,10-11,19H2,1-3H3/t12-/m0/s1. The van der Waals surface area contributed by atoms with Gasteiger partial charge in [0.2, 0.25) is 0 Å². The Kier molecular flexibility index (Phi) is 5.46. The van der Waals surface area contributed by atoms with Crippen molar-refractivity contribution in [3.05, 3.63) is 24.0 Å². The van der Waals surface area contributed by atoms with Crippen molar-refractivity contribution in [2.24, 2.45) is 11.3 Å². The Morgan fingerprint density at radius 1 is 1.43 bits per heavy atom. The van der Waals surface area contributed by atoms with Gasteiger partial charge >= 0.3 is 5.97 Å². The first-order valence-corrected chi connectivity index (χ1v) is 7.91. The second-order valence-corrected chi connectivity index (χ2v) is 7.03. The number of hydrogen-bond donors (Lipinski definition) is 1. The normalized spacial score (nSPS) is 19.4. The highest BCUT2D eigenvalue weighted by Crippen LogP contribution is 2.24. The fourth-order valence-electron chi connectivity index (χ4n) is 2.34. The molecule has 2 rings (SSSR count). The van der Waals surface area contributed by atoms with Gasteiger partial charge in [-0.1, -0.05) is 0 Å². The lowest BCUT2D eigenvalue weighted by Crippen LogP contribution is -2.41. The van der Waals surface area contributed by atoms with Gasteiger partial charge in [0.15, 0.2) is 11.6 Å². The van der Waals surface area contributed by atoms with E-state index in [4.69, 9.17) is 15.3 Å². The SMILES string of the molecule is CC(C)(C)C(=O)ON1CCC[C@H](COc2cc(N)ccc2F)C1. The summed E-state index contributed by atoms with van der Waals surface area (Å²) in [5.41, 5.74) is 5.57. The van der Waals surface area contributed by atoms with Crippen molar-refractivity contribution in [3.8, 4) is 5.75 Å². The zero-order valence-corrected chi connectivity index (χ0v) is 14.0. The molecule has 1 atom stereocenters. The van der Waals surface area contributed by atoms with Crippen molar-refractivity contribution in [2.75, 3.05) is 25.4 Å². The van der Waals surface area contributed by atoms with E-state index in [0.717, 1.165) is 12.8 Å². The molecule has 0 radical (unpaired) electrons. The Labute approximate surface area is 136 Å². The lowest BCUT2D eigenvalue weighted by atomic mass is 9.97. The summed E-state index contributed by atoms with van der Waals surface area (Å²) in [6.07, 6.45) is 1.86. The number of ether oxygens (including phenoxy) is 1. The van der Waals surface area contributed by atoms with Crippen LogP contribution in [0.4, 0.5) is 10.1 Å². The summed E-state index contributed by atoms with van der Waals surface area (Å²) in [4.78, 5) is 17.4. The van der Waals surface area contributed by atoms with E-state index >= 15 is 0 Å². The van der Waals surface area contributed by atoms with Crippen molar-refractivity contribution >= 4 is 11.7 Å². The maximum atomic E-state index is 13.6. The van der Waals surface area contributed by atoms with Gasteiger partial charge in [-0.15, -0.1) is 5.06 Å². The summed E-state index contributed by atoms with van der Waals surface area (Å²) in [7, 11) is 0. The maximum Gasteiger partial charge on any atom is 0.330 e. The molecule has 2 N–H and O–H groups in total. The Hall–Kier alpha value is -1.82. The monoisotopic (exact) mass is 324 g/mol. The molecule has 0 spiro atoms. The Morgan fingerprint density at radius 2 is 2.17 bits per heavy atom. The number of nitrogen functional groups attached to an aromatic ring is 1. The number of nitrogens with zero attached hydrogens (tertiary/aromatic N) is 1. The van der Waals surface area contributed by atoms with Gasteiger partial charge in [0.25, 0.3) is 0 Å². The van der Waals surface area contributed by atoms with E-state index in [0.29, 0.717) is 25.4 Å². The van der Waals surface area contributed by atoms with Crippen molar-refractivity contribution in [1.29, 1.82) is 0 Å². The molecular formula is C17H25FN2O3. The van der Waals surface area contributed by atoms with Crippen molar-refractivity contribution < 1.29 is 18.8 Å². The van der Waals surface area contributed by atoms with Crippen molar-refractivity contribution in [2.45, 2.75) is 33.6 Å². The molecule has 0 aliphatic carbocycles. The molecule has 0 unspecified atom stereocenters. The Bertz CT molecular complexity index is 557. The zero-order valence-electron chi connectivity index (χ0n) is 14.0. The first-order chi connectivity index (χ1) is 10.8. The lowest BCUT2D eigenvalue weighted by Gasteiger charge is -2.32. The molecule has 1 saturated heterocycles. The number of piperidine rings is 1. The van der Waals surface area contributed by atoms with Crippen LogP contribution in [0.3, 0.4) is 0 Å². The summed E-state index contributed by atoms with van der Waals surface area (Å²) < 4.78 is 19.2. The molecule has 1 fully saturated rings. The van der Waals surface area contributed by atoms with Crippen LogP contribution >= 0.6 is 0 Å². The van der Waals surface area contributed by atoms with Crippen LogP contribution in [0, 0.1) is 17.2 Å². The summed E-state index contributed by atoms with van der Waals surface area (Å²) in [6.45, 7) is 7.13. The van der Waals surface area contributed by atoms with Gasteiger partial charge in [0, 0.05) is 30.8 Å². The Balaban J connectivity index is 1.87. The molecule has 1 heterocycles. The molecule has 6 heteroatoms. The van der Waals surface area contributed by atoms with Gasteiger partial charge in [-0.05, 0) is 45.7 Å². The summed E-state index contributed by atoms with van der Waals surface area (Å²) in [5.74, 6) is -0.335. The first kappa shape index (κ1) is 17.5. The quantitative estimate of drug-likeness (QED) is 0.863. The number of nitrogens with two attached hydrogens (primary N) is 1. The number of carbonyl (C=O) groups excluding carboxylic acids is 1. The van der Waals surface area contributed by atoms with E-state index < -0.39 is 11.2 Å². The molecule has 0 bridgehead atoms. The van der Waals surface area contributed by atoms with Crippen LogP contribution in [-0.2, 0) is 9.63 Å². The van der Waals surface area contributed by atoms with Crippen LogP contribution < -0.4 is 10.5 Å². The van der Waals surface area contributed by atoms with Crippen LogP contribution in [0.1, 0.15) is 33.6 Å². The lowest BCUT2D eigenvalue weighted by molar-refractivity contribution is -0.208. The number of carbonyl (C=O) groups is 1. The number of anilines is 1. The van der Waals surface area contributed by atoms with Gasteiger partial charge in [0.1, 0.15) is 0 Å². The van der Waals surface area contributed by atoms with E-state index in [9.17, 15) is 9.18 Å². The van der Waals surface area contributed by atoms with Crippen LogP contribution in [0.25, 0.3) is 0 Å². The van der Waals surface area contributed by atoms with Crippen molar-refractivity contribution in [1.82, 2.24) is 5.06 Å². The second kappa shape index (κ2) is 7.17. The van der Waals surface area contributed by atoms with Crippen LogP contribution in [0.15, 0.2) is 18.2 Å². The van der Waals surface area contributed by atoms with Gasteiger partial charge < -0.3 is 15.3 Å². The average molecular weight is 324 g/mol. The topological polar surface area (TPSA) is 64.8 Å². The molecule has 0 saturated carbocycles. The van der Waals surface area contributed by atoms with Gasteiger partial charge in [-0.3, -0.25) is 0 Å². The van der Waals surface area contributed by atoms with E-state index in [1.807, 2.05) is 20.8 Å². The number of hydrogen-bond acceptors (Lipinski definition) is 5. The second-order valence-electron chi connectivity index (χ2n) is 7.03. The predicted octanol–water partition coefficient (Wildman–Crippen LogP) is 3.00. The average Bonchev–Trinajstić information content (AvgIpc) is 2.47. The minimum absolute atomic E-state index is 0.161.